The summed E-state index contributed by atoms with van der Waals surface area (Å²) in [6.07, 6.45) is 3.73. The Hall–Kier alpha value is -1.34. The first-order valence-corrected chi connectivity index (χ1v) is 7.42. The lowest BCUT2D eigenvalue weighted by molar-refractivity contribution is 0.373. The van der Waals surface area contributed by atoms with Gasteiger partial charge in [0.05, 0.1) is 13.3 Å². The SMILES string of the molecule is CCCCNC(=S)N/N=C\c1cc(O)c(OC)cc1Br. The van der Waals surface area contributed by atoms with Crippen molar-refractivity contribution >= 4 is 39.5 Å². The van der Waals surface area contributed by atoms with Crippen LogP contribution >= 0.6 is 28.1 Å². The number of halogens is 1. The average Bonchev–Trinajstić information content (AvgIpc) is 2.42. The number of rotatable bonds is 6. The summed E-state index contributed by atoms with van der Waals surface area (Å²) in [5.41, 5.74) is 3.44. The number of nitrogens with zero attached hydrogens (tertiary/aromatic N) is 1. The summed E-state index contributed by atoms with van der Waals surface area (Å²) in [7, 11) is 1.50. The predicted octanol–water partition coefficient (Wildman–Crippen LogP) is 2.76. The zero-order valence-corrected chi connectivity index (χ0v) is 13.8. The van der Waals surface area contributed by atoms with E-state index in [1.807, 2.05) is 0 Å². The molecule has 0 aliphatic carbocycles. The van der Waals surface area contributed by atoms with Crippen LogP contribution in [0.1, 0.15) is 25.3 Å². The molecule has 1 aromatic rings. The molecule has 20 heavy (non-hydrogen) atoms. The number of aromatic hydroxyl groups is 1. The molecular weight excluding hydrogens is 342 g/mol. The van der Waals surface area contributed by atoms with Gasteiger partial charge in [-0.3, -0.25) is 5.43 Å². The van der Waals surface area contributed by atoms with Crippen molar-refractivity contribution in [3.8, 4) is 11.5 Å². The van der Waals surface area contributed by atoms with Crippen molar-refractivity contribution in [3.05, 3.63) is 22.2 Å². The Morgan fingerprint density at radius 2 is 2.30 bits per heavy atom. The number of methoxy groups -OCH3 is 1. The van der Waals surface area contributed by atoms with E-state index in [2.05, 4.69) is 38.7 Å². The van der Waals surface area contributed by atoms with Crippen molar-refractivity contribution in [2.24, 2.45) is 5.10 Å². The van der Waals surface area contributed by atoms with Gasteiger partial charge in [0, 0.05) is 16.6 Å². The van der Waals surface area contributed by atoms with Gasteiger partial charge in [-0.25, -0.2) is 0 Å². The number of phenols is 1. The summed E-state index contributed by atoms with van der Waals surface area (Å²) in [4.78, 5) is 0. The van der Waals surface area contributed by atoms with Gasteiger partial charge in [0.25, 0.3) is 0 Å². The van der Waals surface area contributed by atoms with E-state index >= 15 is 0 Å². The predicted molar refractivity (Wildman–Crippen MR) is 88.6 cm³/mol. The molecule has 0 aromatic heterocycles. The van der Waals surface area contributed by atoms with E-state index in [-0.39, 0.29) is 5.75 Å². The number of unbranched alkanes of at least 4 members (excludes halogenated alkanes) is 1. The molecule has 0 bridgehead atoms. The van der Waals surface area contributed by atoms with Crippen LogP contribution in [0.3, 0.4) is 0 Å². The number of ether oxygens (including phenoxy) is 1. The highest BCUT2D eigenvalue weighted by atomic mass is 79.9. The summed E-state index contributed by atoms with van der Waals surface area (Å²) in [5.74, 6) is 0.458. The van der Waals surface area contributed by atoms with Gasteiger partial charge in [-0.05, 0) is 46.7 Å². The standard InChI is InChI=1S/C13H18BrN3O2S/c1-3-4-5-15-13(20)17-16-8-9-6-11(18)12(19-2)7-10(9)14/h6-8,18H,3-5H2,1-2H3,(H2,15,17,20)/b16-8-. The normalized spacial score (nSPS) is 10.6. The van der Waals surface area contributed by atoms with E-state index in [1.165, 1.54) is 7.11 Å². The van der Waals surface area contributed by atoms with Crippen molar-refractivity contribution in [1.82, 2.24) is 10.7 Å². The number of nitrogens with one attached hydrogen (secondary N) is 2. The number of hydrogen-bond donors (Lipinski definition) is 3. The van der Waals surface area contributed by atoms with Gasteiger partial charge >= 0.3 is 0 Å². The largest absolute Gasteiger partial charge is 0.504 e. The van der Waals surface area contributed by atoms with Crippen LogP contribution < -0.4 is 15.5 Å². The van der Waals surface area contributed by atoms with Crippen LogP contribution in [0.2, 0.25) is 0 Å². The van der Waals surface area contributed by atoms with Gasteiger partial charge in [-0.2, -0.15) is 5.10 Å². The first-order valence-electron chi connectivity index (χ1n) is 6.21. The van der Waals surface area contributed by atoms with Crippen LogP contribution in [-0.2, 0) is 0 Å². The van der Waals surface area contributed by atoms with Crippen LogP contribution in [0.25, 0.3) is 0 Å². The second kappa shape index (κ2) is 8.76. The maximum Gasteiger partial charge on any atom is 0.186 e. The molecule has 0 aliphatic rings. The van der Waals surface area contributed by atoms with Crippen LogP contribution in [0.4, 0.5) is 0 Å². The van der Waals surface area contributed by atoms with Crippen LogP contribution in [0.15, 0.2) is 21.7 Å². The lowest BCUT2D eigenvalue weighted by Crippen LogP contribution is -2.32. The minimum atomic E-state index is 0.0563. The third-order valence-electron chi connectivity index (χ3n) is 2.48. The molecule has 0 aliphatic heterocycles. The first-order chi connectivity index (χ1) is 9.58. The highest BCUT2D eigenvalue weighted by Gasteiger charge is 2.06. The summed E-state index contributed by atoms with van der Waals surface area (Å²) in [5, 5.41) is 17.2. The fourth-order valence-electron chi connectivity index (χ4n) is 1.40. The Morgan fingerprint density at radius 1 is 1.55 bits per heavy atom. The molecule has 0 unspecified atom stereocenters. The lowest BCUT2D eigenvalue weighted by Gasteiger charge is -2.07. The molecule has 0 amide bonds. The molecule has 1 rings (SSSR count). The van der Waals surface area contributed by atoms with Crippen molar-refractivity contribution < 1.29 is 9.84 Å². The van der Waals surface area contributed by atoms with Crippen LogP contribution in [-0.4, -0.2) is 30.1 Å². The number of hydrogen-bond acceptors (Lipinski definition) is 4. The molecule has 0 heterocycles. The Morgan fingerprint density at radius 3 is 2.95 bits per heavy atom. The zero-order chi connectivity index (χ0) is 15.0. The quantitative estimate of drug-likeness (QED) is 0.315. The van der Waals surface area contributed by atoms with Gasteiger partial charge < -0.3 is 15.2 Å². The smallest absolute Gasteiger partial charge is 0.186 e. The molecule has 7 heteroatoms. The van der Waals surface area contributed by atoms with E-state index in [1.54, 1.807) is 18.3 Å². The van der Waals surface area contributed by atoms with Crippen molar-refractivity contribution in [2.75, 3.05) is 13.7 Å². The average molecular weight is 360 g/mol. The van der Waals surface area contributed by atoms with Gasteiger partial charge in [-0.15, -0.1) is 0 Å². The molecule has 3 N–H and O–H groups in total. The summed E-state index contributed by atoms with van der Waals surface area (Å²) in [6.45, 7) is 2.94. The number of thiocarbonyl (C=S) groups is 1. The fourth-order valence-corrected chi connectivity index (χ4v) is 1.98. The number of benzene rings is 1. The number of hydrazone groups is 1. The monoisotopic (exact) mass is 359 g/mol. The van der Waals surface area contributed by atoms with Crippen LogP contribution in [0, 0.1) is 0 Å². The number of phenolic OH excluding ortho intramolecular Hbond substituents is 1. The Bertz CT molecular complexity index is 495. The van der Waals surface area contributed by atoms with Gasteiger partial charge in [0.1, 0.15) is 0 Å². The third kappa shape index (κ3) is 5.34. The van der Waals surface area contributed by atoms with Crippen molar-refractivity contribution in [2.45, 2.75) is 19.8 Å². The fraction of sp³-hybridized carbons (Fsp3) is 0.385. The van der Waals surface area contributed by atoms with E-state index < -0.39 is 0 Å². The Labute approximate surface area is 132 Å². The zero-order valence-electron chi connectivity index (χ0n) is 11.4. The molecule has 110 valence electrons. The van der Waals surface area contributed by atoms with Crippen molar-refractivity contribution in [3.63, 3.8) is 0 Å². The highest BCUT2D eigenvalue weighted by Crippen LogP contribution is 2.31. The third-order valence-corrected chi connectivity index (χ3v) is 3.41. The van der Waals surface area contributed by atoms with Gasteiger partial charge in [0.15, 0.2) is 16.6 Å². The molecule has 0 saturated heterocycles. The highest BCUT2D eigenvalue weighted by molar-refractivity contribution is 9.10. The molecule has 0 radical (unpaired) electrons. The summed E-state index contributed by atoms with van der Waals surface area (Å²) in [6, 6.07) is 3.23. The minimum Gasteiger partial charge on any atom is -0.504 e. The molecule has 5 nitrogen and oxygen atoms in total. The summed E-state index contributed by atoms with van der Waals surface area (Å²) < 4.78 is 5.77. The molecule has 0 fully saturated rings. The van der Waals surface area contributed by atoms with Gasteiger partial charge in [-0.1, -0.05) is 13.3 Å². The Balaban J connectivity index is 2.58. The second-order valence-corrected chi connectivity index (χ2v) is 5.29. The van der Waals surface area contributed by atoms with E-state index in [0.717, 1.165) is 23.9 Å². The minimum absolute atomic E-state index is 0.0563. The van der Waals surface area contributed by atoms with Gasteiger partial charge in [0.2, 0.25) is 0 Å². The molecule has 0 spiro atoms. The van der Waals surface area contributed by atoms with E-state index in [4.69, 9.17) is 17.0 Å². The molecule has 0 saturated carbocycles. The van der Waals surface area contributed by atoms with E-state index in [9.17, 15) is 5.11 Å². The topological polar surface area (TPSA) is 65.9 Å². The summed E-state index contributed by atoms with van der Waals surface area (Å²) >= 11 is 8.45. The molecule has 0 atom stereocenters. The van der Waals surface area contributed by atoms with E-state index in [0.29, 0.717) is 16.4 Å². The second-order valence-electron chi connectivity index (χ2n) is 4.03. The van der Waals surface area contributed by atoms with Crippen LogP contribution in [0.5, 0.6) is 11.5 Å². The Kier molecular flexibility index (Phi) is 7.32. The first kappa shape index (κ1) is 16.7. The maximum absolute atomic E-state index is 9.70. The van der Waals surface area contributed by atoms with Crippen molar-refractivity contribution in [1.29, 1.82) is 0 Å². The maximum atomic E-state index is 9.70. The molecular formula is C13H18BrN3O2S. The molecule has 1 aromatic carbocycles. The lowest BCUT2D eigenvalue weighted by atomic mass is 10.2.